The SMILES string of the molecule is CCC(/C=N\C)=C/N. The minimum Gasteiger partial charge on any atom is -0.404 e. The summed E-state index contributed by atoms with van der Waals surface area (Å²) in [6, 6.07) is 0. The van der Waals surface area contributed by atoms with Crippen LogP contribution in [-0.2, 0) is 0 Å². The summed E-state index contributed by atoms with van der Waals surface area (Å²) in [6.45, 7) is 2.04. The van der Waals surface area contributed by atoms with Crippen molar-refractivity contribution >= 4 is 6.21 Å². The Morgan fingerprint density at radius 1 is 1.75 bits per heavy atom. The van der Waals surface area contributed by atoms with Crippen LogP contribution in [0, 0.1) is 0 Å². The van der Waals surface area contributed by atoms with Gasteiger partial charge in [0.25, 0.3) is 0 Å². The van der Waals surface area contributed by atoms with Gasteiger partial charge in [-0.25, -0.2) is 0 Å². The summed E-state index contributed by atoms with van der Waals surface area (Å²) in [5.41, 5.74) is 6.29. The normalized spacial score (nSPS) is 13.0. The van der Waals surface area contributed by atoms with E-state index in [-0.39, 0.29) is 0 Å². The quantitative estimate of drug-likeness (QED) is 0.530. The zero-order chi connectivity index (χ0) is 6.41. The molecule has 8 heavy (non-hydrogen) atoms. The molecule has 0 aromatic rings. The average Bonchev–Trinajstić information content (AvgIpc) is 1.83. The summed E-state index contributed by atoms with van der Waals surface area (Å²) in [5, 5.41) is 0. The third-order valence-corrected chi connectivity index (χ3v) is 0.917. The maximum Gasteiger partial charge on any atom is 0.0277 e. The highest BCUT2D eigenvalue weighted by Gasteiger charge is 1.81. The van der Waals surface area contributed by atoms with Crippen LogP contribution in [0.4, 0.5) is 0 Å². The van der Waals surface area contributed by atoms with Crippen molar-refractivity contribution in [3.63, 3.8) is 0 Å². The molecule has 0 aromatic carbocycles. The summed E-state index contributed by atoms with van der Waals surface area (Å²) in [6.07, 6.45) is 4.29. The van der Waals surface area contributed by atoms with Gasteiger partial charge < -0.3 is 5.73 Å². The van der Waals surface area contributed by atoms with Crippen LogP contribution in [0.15, 0.2) is 16.8 Å². The van der Waals surface area contributed by atoms with Crippen LogP contribution in [0.2, 0.25) is 0 Å². The van der Waals surface area contributed by atoms with E-state index in [4.69, 9.17) is 5.73 Å². The van der Waals surface area contributed by atoms with Gasteiger partial charge in [-0.05, 0) is 18.2 Å². The lowest BCUT2D eigenvalue weighted by atomic mass is 10.2. The Kier molecular flexibility index (Phi) is 3.94. The summed E-state index contributed by atoms with van der Waals surface area (Å²) >= 11 is 0. The third-order valence-electron chi connectivity index (χ3n) is 0.917. The second kappa shape index (κ2) is 4.37. The molecule has 0 aliphatic heterocycles. The number of nitrogens with zero attached hydrogens (tertiary/aromatic N) is 1. The molecule has 2 nitrogen and oxygen atoms in total. The molecular formula is C6H12N2. The predicted octanol–water partition coefficient (Wildman–Crippen LogP) is 0.940. The van der Waals surface area contributed by atoms with E-state index in [0.29, 0.717) is 0 Å². The van der Waals surface area contributed by atoms with E-state index in [1.165, 1.54) is 0 Å². The third kappa shape index (κ3) is 2.39. The molecule has 2 N–H and O–H groups in total. The van der Waals surface area contributed by atoms with Crippen molar-refractivity contribution in [3.8, 4) is 0 Å². The van der Waals surface area contributed by atoms with Crippen LogP contribution in [0.3, 0.4) is 0 Å². The Morgan fingerprint density at radius 3 is 2.50 bits per heavy atom. The van der Waals surface area contributed by atoms with E-state index in [0.717, 1.165) is 12.0 Å². The molecule has 0 unspecified atom stereocenters. The molecular weight excluding hydrogens is 100 g/mol. The van der Waals surface area contributed by atoms with Gasteiger partial charge in [-0.2, -0.15) is 0 Å². The molecule has 0 aliphatic carbocycles. The first-order valence-electron chi connectivity index (χ1n) is 2.68. The van der Waals surface area contributed by atoms with E-state index < -0.39 is 0 Å². The molecule has 0 aliphatic rings. The second-order valence-corrected chi connectivity index (χ2v) is 1.48. The predicted molar refractivity (Wildman–Crippen MR) is 37.0 cm³/mol. The highest BCUT2D eigenvalue weighted by Crippen LogP contribution is 1.91. The molecule has 0 saturated carbocycles. The Labute approximate surface area is 50.1 Å². The van der Waals surface area contributed by atoms with Gasteiger partial charge in [0.2, 0.25) is 0 Å². The molecule has 0 saturated heterocycles. The van der Waals surface area contributed by atoms with Crippen LogP contribution >= 0.6 is 0 Å². The van der Waals surface area contributed by atoms with Crippen molar-refractivity contribution in [2.75, 3.05) is 7.05 Å². The monoisotopic (exact) mass is 112 g/mol. The van der Waals surface area contributed by atoms with Gasteiger partial charge in [0.05, 0.1) is 0 Å². The number of nitrogens with two attached hydrogens (primary N) is 1. The van der Waals surface area contributed by atoms with Gasteiger partial charge >= 0.3 is 0 Å². The van der Waals surface area contributed by atoms with E-state index in [1.807, 2.05) is 6.92 Å². The lowest BCUT2D eigenvalue weighted by Gasteiger charge is -1.88. The highest BCUT2D eigenvalue weighted by atomic mass is 14.6. The first-order valence-corrected chi connectivity index (χ1v) is 2.68. The number of hydrogen-bond donors (Lipinski definition) is 1. The Morgan fingerprint density at radius 2 is 2.38 bits per heavy atom. The molecule has 0 spiro atoms. The molecule has 46 valence electrons. The fraction of sp³-hybridized carbons (Fsp3) is 0.500. The van der Waals surface area contributed by atoms with E-state index in [9.17, 15) is 0 Å². The zero-order valence-electron chi connectivity index (χ0n) is 5.39. The summed E-state index contributed by atoms with van der Waals surface area (Å²) in [5.74, 6) is 0. The van der Waals surface area contributed by atoms with Gasteiger partial charge in [-0.15, -0.1) is 0 Å². The maximum absolute atomic E-state index is 5.22. The van der Waals surface area contributed by atoms with Crippen molar-refractivity contribution in [3.05, 3.63) is 11.8 Å². The number of aliphatic imine (C=N–C) groups is 1. The number of allylic oxidation sites excluding steroid dienone is 1. The molecule has 0 amide bonds. The van der Waals surface area contributed by atoms with Gasteiger partial charge in [-0.1, -0.05) is 6.92 Å². The lowest BCUT2D eigenvalue weighted by molar-refractivity contribution is 1.16. The largest absolute Gasteiger partial charge is 0.404 e. The standard InChI is InChI=1S/C6H12N2/c1-3-6(4-7)5-8-2/h4-5H,3,7H2,1-2H3/b6-4-,8-5-. The number of rotatable bonds is 2. The highest BCUT2D eigenvalue weighted by molar-refractivity contribution is 5.77. The Hall–Kier alpha value is -0.790. The van der Waals surface area contributed by atoms with Crippen molar-refractivity contribution in [2.24, 2.45) is 10.7 Å². The van der Waals surface area contributed by atoms with Gasteiger partial charge in [0, 0.05) is 13.3 Å². The van der Waals surface area contributed by atoms with Crippen LogP contribution in [0.25, 0.3) is 0 Å². The van der Waals surface area contributed by atoms with Crippen LogP contribution in [-0.4, -0.2) is 13.3 Å². The van der Waals surface area contributed by atoms with Crippen molar-refractivity contribution in [1.82, 2.24) is 0 Å². The molecule has 0 bridgehead atoms. The maximum atomic E-state index is 5.22. The minimum absolute atomic E-state index is 0.952. The first-order chi connectivity index (χ1) is 3.85. The smallest absolute Gasteiger partial charge is 0.0277 e. The second-order valence-electron chi connectivity index (χ2n) is 1.48. The zero-order valence-corrected chi connectivity index (χ0v) is 5.39. The molecule has 0 rings (SSSR count). The summed E-state index contributed by atoms with van der Waals surface area (Å²) in [7, 11) is 1.74. The lowest BCUT2D eigenvalue weighted by Crippen LogP contribution is -1.88. The van der Waals surface area contributed by atoms with Gasteiger partial charge in [0.15, 0.2) is 0 Å². The Bertz CT molecular complexity index is 100. The van der Waals surface area contributed by atoms with Crippen LogP contribution in [0.1, 0.15) is 13.3 Å². The van der Waals surface area contributed by atoms with Crippen molar-refractivity contribution in [1.29, 1.82) is 0 Å². The molecule has 0 fully saturated rings. The first kappa shape index (κ1) is 7.21. The van der Waals surface area contributed by atoms with Gasteiger partial charge in [0.1, 0.15) is 0 Å². The summed E-state index contributed by atoms with van der Waals surface area (Å²) in [4.78, 5) is 3.80. The minimum atomic E-state index is 0.952. The molecule has 0 radical (unpaired) electrons. The fourth-order valence-electron chi connectivity index (χ4n) is 0.418. The van der Waals surface area contributed by atoms with Crippen LogP contribution in [0.5, 0.6) is 0 Å². The average molecular weight is 112 g/mol. The molecule has 0 aromatic heterocycles. The van der Waals surface area contributed by atoms with Crippen molar-refractivity contribution < 1.29 is 0 Å². The van der Waals surface area contributed by atoms with E-state index in [1.54, 1.807) is 19.5 Å². The van der Waals surface area contributed by atoms with Crippen LogP contribution < -0.4 is 5.73 Å². The van der Waals surface area contributed by atoms with Crippen molar-refractivity contribution in [2.45, 2.75) is 13.3 Å². The Balaban J connectivity index is 3.72. The fourth-order valence-corrected chi connectivity index (χ4v) is 0.418. The van der Waals surface area contributed by atoms with Gasteiger partial charge in [-0.3, -0.25) is 4.99 Å². The summed E-state index contributed by atoms with van der Waals surface area (Å²) < 4.78 is 0. The van der Waals surface area contributed by atoms with E-state index >= 15 is 0 Å². The number of hydrogen-bond acceptors (Lipinski definition) is 2. The van der Waals surface area contributed by atoms with E-state index in [2.05, 4.69) is 4.99 Å². The topological polar surface area (TPSA) is 38.4 Å². The molecule has 2 heteroatoms. The molecule has 0 atom stereocenters. The molecule has 0 heterocycles.